The van der Waals surface area contributed by atoms with Crippen molar-refractivity contribution < 1.29 is 24.2 Å². The number of ether oxygens (including phenoxy) is 2. The van der Waals surface area contributed by atoms with Gasteiger partial charge in [0.05, 0.1) is 0 Å². The van der Waals surface area contributed by atoms with Gasteiger partial charge in [-0.25, -0.2) is 4.79 Å². The summed E-state index contributed by atoms with van der Waals surface area (Å²) in [5.74, 6) is -1.42. The van der Waals surface area contributed by atoms with Crippen LogP contribution in [0.2, 0.25) is 0 Å². The summed E-state index contributed by atoms with van der Waals surface area (Å²) < 4.78 is 9.06. The molecule has 0 bridgehead atoms. The molecule has 0 fully saturated rings. The lowest BCUT2D eigenvalue weighted by atomic mass is 10.7. The van der Waals surface area contributed by atoms with Gasteiger partial charge in [-0.05, 0) is 0 Å². The molecule has 7 heteroatoms. The van der Waals surface area contributed by atoms with E-state index in [2.05, 4.69) is 27.0 Å². The fourth-order valence-electron chi connectivity index (χ4n) is 0.359. The Morgan fingerprint density at radius 2 is 2.08 bits per heavy atom. The maximum absolute atomic E-state index is 10.3. The molecule has 0 aliphatic heterocycles. The third kappa shape index (κ3) is 8.54. The largest absolute Gasteiger partial charge is 0.479 e. The molecule has 0 saturated heterocycles. The Hall–Kier alpha value is -1.37. The third-order valence-electron chi connectivity index (χ3n) is 0.825. The summed E-state index contributed by atoms with van der Waals surface area (Å²) in [4.78, 5) is 20.3. The zero-order chi connectivity index (χ0) is 10.3. The van der Waals surface area contributed by atoms with Crippen LogP contribution in [0.3, 0.4) is 0 Å². The number of thiocarbonyl (C=S) groups is 1. The number of hydrogen-bond donors (Lipinski definition) is 2. The van der Waals surface area contributed by atoms with E-state index in [1.54, 1.807) is 0 Å². The van der Waals surface area contributed by atoms with Crippen molar-refractivity contribution in [1.29, 1.82) is 0 Å². The molecule has 0 heterocycles. The van der Waals surface area contributed by atoms with E-state index in [1.807, 2.05) is 0 Å². The van der Waals surface area contributed by atoms with E-state index in [0.29, 0.717) is 0 Å². The minimum atomic E-state index is -1.15. The van der Waals surface area contributed by atoms with E-state index < -0.39 is 12.6 Å². The number of hydrogen-bond acceptors (Lipinski definition) is 5. The zero-order valence-corrected chi connectivity index (χ0v) is 7.72. The molecule has 13 heavy (non-hydrogen) atoms. The average molecular weight is 207 g/mol. The van der Waals surface area contributed by atoms with E-state index in [1.165, 1.54) is 6.92 Å². The van der Waals surface area contributed by atoms with Crippen molar-refractivity contribution in [1.82, 2.24) is 5.32 Å². The van der Waals surface area contributed by atoms with Gasteiger partial charge in [0.15, 0.2) is 13.3 Å². The second-order valence-corrected chi connectivity index (χ2v) is 2.29. The number of carboxylic acids is 1. The third-order valence-corrected chi connectivity index (χ3v) is 1.06. The van der Waals surface area contributed by atoms with Crippen LogP contribution in [0, 0.1) is 0 Å². The molecule has 0 aliphatic rings. The van der Waals surface area contributed by atoms with Crippen LogP contribution in [-0.2, 0) is 19.1 Å². The molecule has 1 amide bonds. The first-order valence-corrected chi connectivity index (χ1v) is 3.69. The van der Waals surface area contributed by atoms with Crippen LogP contribution in [0.5, 0.6) is 0 Å². The molecule has 6 nitrogen and oxygen atoms in total. The fourth-order valence-corrected chi connectivity index (χ4v) is 0.477. The Morgan fingerprint density at radius 3 is 2.54 bits per heavy atom. The number of carbonyl (C=O) groups is 2. The Balaban J connectivity index is 3.41. The maximum atomic E-state index is 10.3. The van der Waals surface area contributed by atoms with Crippen molar-refractivity contribution in [3.8, 4) is 0 Å². The van der Waals surface area contributed by atoms with Gasteiger partial charge in [-0.3, -0.25) is 4.79 Å². The summed E-state index contributed by atoms with van der Waals surface area (Å²) in [6.07, 6.45) is 0. The Morgan fingerprint density at radius 1 is 1.46 bits per heavy atom. The van der Waals surface area contributed by atoms with Crippen molar-refractivity contribution >= 4 is 29.3 Å². The molecule has 0 aliphatic carbocycles. The van der Waals surface area contributed by atoms with Gasteiger partial charge in [-0.2, -0.15) is 0 Å². The van der Waals surface area contributed by atoms with Crippen LogP contribution in [0.15, 0.2) is 0 Å². The molecule has 0 saturated carbocycles. The first kappa shape index (κ1) is 11.6. The minimum Gasteiger partial charge on any atom is -0.479 e. The summed E-state index contributed by atoms with van der Waals surface area (Å²) in [7, 11) is 0. The molecular formula is C6H9NO5S. The molecule has 2 N–H and O–H groups in total. The minimum absolute atomic E-state index is 0.131. The molecule has 0 atom stereocenters. The normalized spacial score (nSPS) is 8.69. The van der Waals surface area contributed by atoms with Crippen LogP contribution in [0.1, 0.15) is 6.92 Å². The highest BCUT2D eigenvalue weighted by molar-refractivity contribution is 7.79. The smallest absolute Gasteiger partial charge is 0.354 e. The lowest BCUT2D eigenvalue weighted by molar-refractivity contribution is -0.140. The zero-order valence-electron chi connectivity index (χ0n) is 6.90. The van der Waals surface area contributed by atoms with Crippen molar-refractivity contribution in [3.05, 3.63) is 0 Å². The van der Waals surface area contributed by atoms with Gasteiger partial charge in [0.1, 0.15) is 0 Å². The van der Waals surface area contributed by atoms with E-state index >= 15 is 0 Å². The summed E-state index contributed by atoms with van der Waals surface area (Å²) in [5, 5.41) is 10.1. The topological polar surface area (TPSA) is 84.9 Å². The molecule has 0 aromatic rings. The Labute approximate surface area is 79.8 Å². The summed E-state index contributed by atoms with van der Waals surface area (Å²) in [5.41, 5.74) is 0. The van der Waals surface area contributed by atoms with Crippen LogP contribution >= 0.6 is 12.2 Å². The number of aliphatic carboxylic acids is 1. The molecule has 0 unspecified atom stereocenters. The molecule has 0 aromatic carbocycles. The highest BCUT2D eigenvalue weighted by atomic mass is 32.1. The SMILES string of the molecule is CC(=O)NCOC(=S)OCC(=O)O. The van der Waals surface area contributed by atoms with Gasteiger partial charge in [0.25, 0.3) is 0 Å². The molecular weight excluding hydrogens is 198 g/mol. The van der Waals surface area contributed by atoms with Crippen LogP contribution in [0.4, 0.5) is 0 Å². The highest BCUT2D eigenvalue weighted by Crippen LogP contribution is 1.84. The summed E-state index contributed by atoms with van der Waals surface area (Å²) >= 11 is 4.47. The number of rotatable bonds is 4. The van der Waals surface area contributed by atoms with Gasteiger partial charge in [-0.1, -0.05) is 0 Å². The van der Waals surface area contributed by atoms with E-state index in [0.717, 1.165) is 0 Å². The molecule has 0 radical (unpaired) electrons. The van der Waals surface area contributed by atoms with Crippen molar-refractivity contribution in [3.63, 3.8) is 0 Å². The number of amides is 1. The van der Waals surface area contributed by atoms with Gasteiger partial charge < -0.3 is 19.9 Å². The first-order valence-electron chi connectivity index (χ1n) is 3.28. The van der Waals surface area contributed by atoms with Gasteiger partial charge >= 0.3 is 11.2 Å². The molecule has 0 rings (SSSR count). The van der Waals surface area contributed by atoms with Crippen molar-refractivity contribution in [2.75, 3.05) is 13.3 Å². The predicted octanol–water partition coefficient (Wildman–Crippen LogP) is -0.517. The molecule has 0 aromatic heterocycles. The van der Waals surface area contributed by atoms with E-state index in [9.17, 15) is 9.59 Å². The van der Waals surface area contributed by atoms with Gasteiger partial charge in [0.2, 0.25) is 5.91 Å². The summed E-state index contributed by atoms with van der Waals surface area (Å²) in [6, 6.07) is 0. The molecule has 0 spiro atoms. The fraction of sp³-hybridized carbons (Fsp3) is 0.500. The monoisotopic (exact) mass is 207 g/mol. The number of nitrogens with one attached hydrogen (secondary N) is 1. The maximum Gasteiger partial charge on any atom is 0.354 e. The lowest BCUT2D eigenvalue weighted by Gasteiger charge is -2.06. The van der Waals surface area contributed by atoms with Crippen molar-refractivity contribution in [2.24, 2.45) is 0 Å². The van der Waals surface area contributed by atoms with Gasteiger partial charge in [-0.15, -0.1) is 0 Å². The van der Waals surface area contributed by atoms with Crippen LogP contribution in [-0.4, -0.2) is 35.6 Å². The van der Waals surface area contributed by atoms with E-state index in [4.69, 9.17) is 5.11 Å². The highest BCUT2D eigenvalue weighted by Gasteiger charge is 2.02. The number of carboxylic acid groups (broad SMARTS) is 1. The van der Waals surface area contributed by atoms with Crippen LogP contribution < -0.4 is 5.32 Å². The lowest BCUT2D eigenvalue weighted by Crippen LogP contribution is -2.26. The van der Waals surface area contributed by atoms with Crippen molar-refractivity contribution in [2.45, 2.75) is 6.92 Å². The summed E-state index contributed by atoms with van der Waals surface area (Å²) in [6.45, 7) is 0.622. The number of carbonyl (C=O) groups excluding carboxylic acids is 1. The first-order chi connectivity index (χ1) is 6.02. The van der Waals surface area contributed by atoms with E-state index in [-0.39, 0.29) is 17.9 Å². The quantitative estimate of drug-likeness (QED) is 0.476. The second kappa shape index (κ2) is 6.18. The average Bonchev–Trinajstić information content (AvgIpc) is 2.00. The Bertz CT molecular complexity index is 217. The Kier molecular flexibility index (Phi) is 5.53. The van der Waals surface area contributed by atoms with Crippen LogP contribution in [0.25, 0.3) is 0 Å². The second-order valence-electron chi connectivity index (χ2n) is 1.95. The predicted molar refractivity (Wildman–Crippen MR) is 46.0 cm³/mol. The van der Waals surface area contributed by atoms with Gasteiger partial charge in [0, 0.05) is 19.1 Å². The molecule has 74 valence electrons. The standard InChI is InChI=1S/C6H9NO5S/c1-4(8)7-3-12-6(13)11-2-5(9)10/h2-3H2,1H3,(H,7,8)(H,9,10).